The summed E-state index contributed by atoms with van der Waals surface area (Å²) in [5.74, 6) is 0.457. The molecule has 1 aromatic heterocycles. The minimum atomic E-state index is -2.85. The average Bonchev–Trinajstić information content (AvgIpc) is 2.82. The lowest BCUT2D eigenvalue weighted by molar-refractivity contribution is -0.0498. The molecular weight excluding hydrogens is 288 g/mol. The van der Waals surface area contributed by atoms with Crippen LogP contribution in [0.5, 0.6) is 5.75 Å². The molecule has 0 aliphatic rings. The summed E-state index contributed by atoms with van der Waals surface area (Å²) >= 11 is 1.36. The van der Waals surface area contributed by atoms with Gasteiger partial charge in [0.05, 0.1) is 6.10 Å². The second-order valence-corrected chi connectivity index (χ2v) is 4.99. The number of alkyl halides is 2. The van der Waals surface area contributed by atoms with Crippen molar-refractivity contribution in [2.75, 3.05) is 5.75 Å². The minimum absolute atomic E-state index is 0.0666. The van der Waals surface area contributed by atoms with E-state index in [1.807, 2.05) is 7.05 Å². The number of halogens is 2. The predicted molar refractivity (Wildman–Crippen MR) is 69.8 cm³/mol. The van der Waals surface area contributed by atoms with Crippen molar-refractivity contribution in [3.63, 3.8) is 0 Å². The molecule has 2 aromatic rings. The number of aliphatic hydroxyl groups is 1. The summed E-state index contributed by atoms with van der Waals surface area (Å²) in [4.78, 5) is 0. The van der Waals surface area contributed by atoms with Crippen LogP contribution in [0.15, 0.2) is 35.7 Å². The molecule has 8 heteroatoms. The van der Waals surface area contributed by atoms with E-state index in [1.165, 1.54) is 23.9 Å². The monoisotopic (exact) mass is 301 g/mol. The van der Waals surface area contributed by atoms with E-state index >= 15 is 0 Å². The SMILES string of the molecule is Cn1cnnc1SCC(O)c1ccc(OC(F)F)cc1. The molecule has 5 nitrogen and oxygen atoms in total. The van der Waals surface area contributed by atoms with Gasteiger partial charge in [-0.25, -0.2) is 0 Å². The highest BCUT2D eigenvalue weighted by Gasteiger charge is 2.11. The van der Waals surface area contributed by atoms with Crippen LogP contribution in [0.25, 0.3) is 0 Å². The fourth-order valence-electron chi connectivity index (χ4n) is 1.52. The Morgan fingerprint density at radius 2 is 2.05 bits per heavy atom. The zero-order valence-corrected chi connectivity index (χ0v) is 11.4. The minimum Gasteiger partial charge on any atom is -0.435 e. The van der Waals surface area contributed by atoms with Crippen LogP contribution in [0.3, 0.4) is 0 Å². The van der Waals surface area contributed by atoms with Crippen molar-refractivity contribution in [1.82, 2.24) is 14.8 Å². The van der Waals surface area contributed by atoms with Gasteiger partial charge < -0.3 is 14.4 Å². The van der Waals surface area contributed by atoms with Crippen LogP contribution >= 0.6 is 11.8 Å². The van der Waals surface area contributed by atoms with E-state index in [9.17, 15) is 13.9 Å². The Morgan fingerprint density at radius 1 is 1.35 bits per heavy atom. The van der Waals surface area contributed by atoms with E-state index < -0.39 is 12.7 Å². The third-order valence-electron chi connectivity index (χ3n) is 2.53. The summed E-state index contributed by atoms with van der Waals surface area (Å²) in [6, 6.07) is 5.91. The molecule has 0 amide bonds. The van der Waals surface area contributed by atoms with Gasteiger partial charge >= 0.3 is 6.61 Å². The molecule has 108 valence electrons. The Morgan fingerprint density at radius 3 is 2.60 bits per heavy atom. The topological polar surface area (TPSA) is 60.2 Å². The molecule has 1 aromatic carbocycles. The molecule has 0 aliphatic heterocycles. The third kappa shape index (κ3) is 3.91. The highest BCUT2D eigenvalue weighted by Crippen LogP contribution is 2.24. The molecule has 1 N–H and O–H groups in total. The number of hydrogen-bond acceptors (Lipinski definition) is 5. The van der Waals surface area contributed by atoms with Gasteiger partial charge in [0, 0.05) is 12.8 Å². The van der Waals surface area contributed by atoms with Crippen molar-refractivity contribution in [2.45, 2.75) is 17.9 Å². The van der Waals surface area contributed by atoms with Crippen molar-refractivity contribution in [2.24, 2.45) is 7.05 Å². The first-order chi connectivity index (χ1) is 9.56. The Hall–Kier alpha value is -1.67. The zero-order valence-electron chi connectivity index (χ0n) is 10.6. The number of ether oxygens (including phenoxy) is 1. The van der Waals surface area contributed by atoms with E-state index in [0.29, 0.717) is 16.5 Å². The number of thioether (sulfide) groups is 1. The molecule has 0 fully saturated rings. The highest BCUT2D eigenvalue weighted by atomic mass is 32.2. The Balaban J connectivity index is 1.92. The molecular formula is C12H13F2N3O2S. The smallest absolute Gasteiger partial charge is 0.387 e. The fraction of sp³-hybridized carbons (Fsp3) is 0.333. The van der Waals surface area contributed by atoms with Gasteiger partial charge in [0.1, 0.15) is 12.1 Å². The normalized spacial score (nSPS) is 12.7. The van der Waals surface area contributed by atoms with E-state index in [2.05, 4.69) is 14.9 Å². The van der Waals surface area contributed by atoms with Gasteiger partial charge in [0.15, 0.2) is 5.16 Å². The molecule has 20 heavy (non-hydrogen) atoms. The molecule has 0 saturated carbocycles. The molecule has 2 rings (SSSR count). The molecule has 0 aliphatic carbocycles. The molecule has 0 spiro atoms. The van der Waals surface area contributed by atoms with Gasteiger partial charge in [-0.3, -0.25) is 0 Å². The Kier molecular flexibility index (Phi) is 4.91. The first kappa shape index (κ1) is 14.7. The number of aryl methyl sites for hydroxylation is 1. The molecule has 1 unspecified atom stereocenters. The number of hydrogen-bond donors (Lipinski definition) is 1. The van der Waals surface area contributed by atoms with Gasteiger partial charge in [-0.05, 0) is 17.7 Å². The third-order valence-corrected chi connectivity index (χ3v) is 3.64. The standard InChI is InChI=1S/C12H13F2N3O2S/c1-17-7-15-16-12(17)20-6-10(18)8-2-4-9(5-3-8)19-11(13)14/h2-5,7,10-11,18H,6H2,1H3. The van der Waals surface area contributed by atoms with Crippen molar-refractivity contribution in [3.8, 4) is 5.75 Å². The van der Waals surface area contributed by atoms with Gasteiger partial charge in [0.25, 0.3) is 0 Å². The van der Waals surface area contributed by atoms with Crippen LogP contribution in [-0.4, -0.2) is 32.2 Å². The van der Waals surface area contributed by atoms with Crippen molar-refractivity contribution in [1.29, 1.82) is 0 Å². The van der Waals surface area contributed by atoms with Crippen LogP contribution in [-0.2, 0) is 7.05 Å². The second kappa shape index (κ2) is 6.67. The van der Waals surface area contributed by atoms with Crippen LogP contribution in [0.1, 0.15) is 11.7 Å². The molecule has 0 saturated heterocycles. The zero-order chi connectivity index (χ0) is 14.5. The number of rotatable bonds is 6. The quantitative estimate of drug-likeness (QED) is 0.829. The predicted octanol–water partition coefficient (Wildman–Crippen LogP) is 2.24. The molecule has 0 radical (unpaired) electrons. The Labute approximate surface area is 118 Å². The number of nitrogens with zero attached hydrogens (tertiary/aromatic N) is 3. The number of benzene rings is 1. The van der Waals surface area contributed by atoms with Gasteiger partial charge in [0.2, 0.25) is 0 Å². The first-order valence-corrected chi connectivity index (χ1v) is 6.74. The molecule has 1 heterocycles. The van der Waals surface area contributed by atoms with Gasteiger partial charge in [-0.15, -0.1) is 10.2 Å². The summed E-state index contributed by atoms with van der Waals surface area (Å²) < 4.78 is 30.0. The maximum atomic E-state index is 12.0. The van der Waals surface area contributed by atoms with Gasteiger partial charge in [-0.1, -0.05) is 23.9 Å². The van der Waals surface area contributed by atoms with E-state index in [1.54, 1.807) is 23.0 Å². The highest BCUT2D eigenvalue weighted by molar-refractivity contribution is 7.99. The average molecular weight is 301 g/mol. The summed E-state index contributed by atoms with van der Waals surface area (Å²) in [5, 5.41) is 18.3. The Bertz CT molecular complexity index is 548. The van der Waals surface area contributed by atoms with E-state index in [4.69, 9.17) is 0 Å². The molecule has 0 bridgehead atoms. The van der Waals surface area contributed by atoms with Crippen LogP contribution in [0, 0.1) is 0 Å². The lowest BCUT2D eigenvalue weighted by Crippen LogP contribution is -2.04. The van der Waals surface area contributed by atoms with Crippen molar-refractivity contribution in [3.05, 3.63) is 36.2 Å². The van der Waals surface area contributed by atoms with E-state index in [-0.39, 0.29) is 5.75 Å². The summed E-state index contributed by atoms with van der Waals surface area (Å²) in [7, 11) is 1.81. The summed E-state index contributed by atoms with van der Waals surface area (Å²) in [6.07, 6.45) is 0.850. The number of aromatic nitrogens is 3. The fourth-order valence-corrected chi connectivity index (χ4v) is 2.38. The van der Waals surface area contributed by atoms with Crippen LogP contribution in [0.4, 0.5) is 8.78 Å². The van der Waals surface area contributed by atoms with Crippen LogP contribution in [0.2, 0.25) is 0 Å². The van der Waals surface area contributed by atoms with E-state index in [0.717, 1.165) is 0 Å². The second-order valence-electron chi connectivity index (χ2n) is 4.00. The summed E-state index contributed by atoms with van der Waals surface area (Å²) in [6.45, 7) is -2.85. The van der Waals surface area contributed by atoms with Crippen LogP contribution < -0.4 is 4.74 Å². The van der Waals surface area contributed by atoms with Crippen molar-refractivity contribution >= 4 is 11.8 Å². The van der Waals surface area contributed by atoms with Gasteiger partial charge in [-0.2, -0.15) is 8.78 Å². The lowest BCUT2D eigenvalue weighted by Gasteiger charge is -2.11. The lowest BCUT2D eigenvalue weighted by atomic mass is 10.1. The largest absolute Gasteiger partial charge is 0.435 e. The van der Waals surface area contributed by atoms with Crippen molar-refractivity contribution < 1.29 is 18.6 Å². The summed E-state index contributed by atoms with van der Waals surface area (Å²) in [5.41, 5.74) is 0.626. The maximum Gasteiger partial charge on any atom is 0.387 e. The first-order valence-electron chi connectivity index (χ1n) is 5.76. The maximum absolute atomic E-state index is 12.0. The number of aliphatic hydroxyl groups excluding tert-OH is 1. The molecule has 1 atom stereocenters.